The van der Waals surface area contributed by atoms with E-state index in [1.54, 1.807) is 14.2 Å². The smallest absolute Gasteiger partial charge is 0.161 e. The molecule has 0 atom stereocenters. The molecule has 2 aromatic heterocycles. The molecule has 2 heterocycles. The minimum atomic E-state index is 0.575. The molecule has 0 spiro atoms. The molecular weight excluding hydrogens is 440 g/mol. The van der Waals surface area contributed by atoms with Crippen LogP contribution in [0.1, 0.15) is 0 Å². The van der Waals surface area contributed by atoms with Crippen LogP contribution in [0.3, 0.4) is 0 Å². The summed E-state index contributed by atoms with van der Waals surface area (Å²) in [5.74, 6) is 2.15. The summed E-state index contributed by atoms with van der Waals surface area (Å²) in [6.45, 7) is 1.39. The minimum Gasteiger partial charge on any atom is -0.497 e. The van der Waals surface area contributed by atoms with Crippen molar-refractivity contribution >= 4 is 21.8 Å². The predicted octanol–water partition coefficient (Wildman–Crippen LogP) is 5.20. The van der Waals surface area contributed by atoms with Gasteiger partial charge in [0.2, 0.25) is 0 Å². The fourth-order valence-electron chi connectivity index (χ4n) is 4.13. The molecule has 35 heavy (non-hydrogen) atoms. The third-order valence-electron chi connectivity index (χ3n) is 5.95. The monoisotopic (exact) mass is 468 g/mol. The number of fused-ring (bicyclic) bond motifs is 3. The molecule has 7 heteroatoms. The van der Waals surface area contributed by atoms with Crippen molar-refractivity contribution in [3.63, 3.8) is 0 Å². The van der Waals surface area contributed by atoms with E-state index in [4.69, 9.17) is 24.3 Å². The SMILES string of the molecule is COc1ccc2ncc3c(-c4ccc(OCCN(C)C)c(OC)c4)nn(-c4ccccc4)c3c2c1. The van der Waals surface area contributed by atoms with E-state index in [1.165, 1.54) is 0 Å². The Morgan fingerprint density at radius 2 is 1.69 bits per heavy atom. The van der Waals surface area contributed by atoms with Gasteiger partial charge in [0.1, 0.15) is 18.1 Å². The predicted molar refractivity (Wildman–Crippen MR) is 139 cm³/mol. The molecular formula is C28H28N4O3. The molecule has 0 bridgehead atoms. The van der Waals surface area contributed by atoms with E-state index in [1.807, 2.05) is 91.7 Å². The Morgan fingerprint density at radius 1 is 0.857 bits per heavy atom. The molecule has 0 aliphatic heterocycles. The largest absolute Gasteiger partial charge is 0.497 e. The van der Waals surface area contributed by atoms with Crippen LogP contribution in [0.25, 0.3) is 38.8 Å². The van der Waals surface area contributed by atoms with Crippen molar-refractivity contribution < 1.29 is 14.2 Å². The van der Waals surface area contributed by atoms with Gasteiger partial charge in [-0.05, 0) is 62.6 Å². The average Bonchev–Trinajstić information content (AvgIpc) is 3.29. The maximum atomic E-state index is 5.96. The van der Waals surface area contributed by atoms with Gasteiger partial charge in [-0.1, -0.05) is 18.2 Å². The van der Waals surface area contributed by atoms with Crippen LogP contribution in [0.5, 0.6) is 17.2 Å². The zero-order chi connectivity index (χ0) is 24.4. The van der Waals surface area contributed by atoms with Crippen molar-refractivity contribution in [2.45, 2.75) is 0 Å². The summed E-state index contributed by atoms with van der Waals surface area (Å²) < 4.78 is 19.1. The first kappa shape index (κ1) is 22.7. The average molecular weight is 469 g/mol. The highest BCUT2D eigenvalue weighted by atomic mass is 16.5. The standard InChI is InChI=1S/C28H28N4O3/c1-31(2)14-15-35-25-13-10-19(16-26(25)34-4)27-23-18-29-24-12-11-21(33-3)17-22(24)28(23)32(30-27)20-8-6-5-7-9-20/h5-13,16-18H,14-15H2,1-4H3. The van der Waals surface area contributed by atoms with Gasteiger partial charge in [-0.15, -0.1) is 0 Å². The molecule has 0 N–H and O–H groups in total. The number of aromatic nitrogens is 3. The van der Waals surface area contributed by atoms with Crippen LogP contribution in [-0.2, 0) is 0 Å². The molecule has 5 aromatic rings. The van der Waals surface area contributed by atoms with Crippen LogP contribution in [0.2, 0.25) is 0 Å². The quantitative estimate of drug-likeness (QED) is 0.312. The molecule has 0 saturated heterocycles. The minimum absolute atomic E-state index is 0.575. The normalized spacial score (nSPS) is 11.3. The fraction of sp³-hybridized carbons (Fsp3) is 0.214. The van der Waals surface area contributed by atoms with Crippen molar-refractivity contribution in [3.8, 4) is 34.2 Å². The van der Waals surface area contributed by atoms with Crippen molar-refractivity contribution in [1.82, 2.24) is 19.7 Å². The van der Waals surface area contributed by atoms with Crippen LogP contribution in [0.15, 0.2) is 72.9 Å². The lowest BCUT2D eigenvalue weighted by molar-refractivity contribution is 0.251. The molecule has 0 aliphatic carbocycles. The highest BCUT2D eigenvalue weighted by Crippen LogP contribution is 2.38. The van der Waals surface area contributed by atoms with Crippen LogP contribution in [0.4, 0.5) is 0 Å². The molecule has 0 radical (unpaired) electrons. The molecule has 178 valence electrons. The Kier molecular flexibility index (Phi) is 6.25. The number of ether oxygens (including phenoxy) is 3. The molecule has 7 nitrogen and oxygen atoms in total. The lowest BCUT2D eigenvalue weighted by Crippen LogP contribution is -2.19. The van der Waals surface area contributed by atoms with Gasteiger partial charge < -0.3 is 19.1 Å². The third-order valence-corrected chi connectivity index (χ3v) is 5.95. The second-order valence-corrected chi connectivity index (χ2v) is 8.52. The van der Waals surface area contributed by atoms with Crippen molar-refractivity contribution in [2.24, 2.45) is 0 Å². The maximum absolute atomic E-state index is 5.96. The highest BCUT2D eigenvalue weighted by Gasteiger charge is 2.19. The third kappa shape index (κ3) is 4.38. The van der Waals surface area contributed by atoms with E-state index < -0.39 is 0 Å². The second kappa shape index (κ2) is 9.64. The molecule has 3 aromatic carbocycles. The lowest BCUT2D eigenvalue weighted by atomic mass is 10.1. The summed E-state index contributed by atoms with van der Waals surface area (Å²) in [5.41, 5.74) is 4.56. The molecule has 0 fully saturated rings. The zero-order valence-corrected chi connectivity index (χ0v) is 20.4. The number of hydrogen-bond donors (Lipinski definition) is 0. The number of para-hydroxylation sites is 1. The summed E-state index contributed by atoms with van der Waals surface area (Å²) in [4.78, 5) is 6.80. The van der Waals surface area contributed by atoms with Crippen LogP contribution < -0.4 is 14.2 Å². The number of hydrogen-bond acceptors (Lipinski definition) is 6. The molecule has 0 aliphatic rings. The molecule has 0 saturated carbocycles. The first-order valence-electron chi connectivity index (χ1n) is 11.5. The zero-order valence-electron chi connectivity index (χ0n) is 20.4. The Morgan fingerprint density at radius 3 is 2.43 bits per heavy atom. The molecule has 0 amide bonds. The van der Waals surface area contributed by atoms with Gasteiger partial charge in [-0.2, -0.15) is 5.10 Å². The van der Waals surface area contributed by atoms with Crippen LogP contribution >= 0.6 is 0 Å². The van der Waals surface area contributed by atoms with Crippen LogP contribution in [0, 0.1) is 0 Å². The summed E-state index contributed by atoms with van der Waals surface area (Å²) in [5, 5.41) is 6.97. The first-order valence-corrected chi connectivity index (χ1v) is 11.5. The van der Waals surface area contributed by atoms with Crippen LogP contribution in [-0.4, -0.2) is 61.1 Å². The van der Waals surface area contributed by atoms with Gasteiger partial charge in [-0.25, -0.2) is 4.68 Å². The lowest BCUT2D eigenvalue weighted by Gasteiger charge is -2.14. The second-order valence-electron chi connectivity index (χ2n) is 8.52. The summed E-state index contributed by atoms with van der Waals surface area (Å²) in [7, 11) is 7.36. The topological polar surface area (TPSA) is 61.6 Å². The van der Waals surface area contributed by atoms with E-state index in [2.05, 4.69) is 4.90 Å². The van der Waals surface area contributed by atoms with Gasteiger partial charge in [0.15, 0.2) is 11.5 Å². The van der Waals surface area contributed by atoms with Gasteiger partial charge >= 0.3 is 0 Å². The van der Waals surface area contributed by atoms with E-state index in [9.17, 15) is 0 Å². The fourth-order valence-corrected chi connectivity index (χ4v) is 4.13. The van der Waals surface area contributed by atoms with Gasteiger partial charge in [-0.3, -0.25) is 4.98 Å². The van der Waals surface area contributed by atoms with E-state index in [0.29, 0.717) is 18.1 Å². The van der Waals surface area contributed by atoms with E-state index in [0.717, 1.165) is 51.0 Å². The Balaban J connectivity index is 1.69. The number of likely N-dealkylation sites (N-methyl/N-ethyl adjacent to an activating group) is 1. The number of rotatable bonds is 8. The van der Waals surface area contributed by atoms with Crippen molar-refractivity contribution in [2.75, 3.05) is 41.5 Å². The van der Waals surface area contributed by atoms with Gasteiger partial charge in [0, 0.05) is 29.1 Å². The van der Waals surface area contributed by atoms with Crippen molar-refractivity contribution in [1.29, 1.82) is 0 Å². The highest BCUT2D eigenvalue weighted by molar-refractivity contribution is 6.09. The van der Waals surface area contributed by atoms with Gasteiger partial charge in [0.25, 0.3) is 0 Å². The Labute approximate surface area is 204 Å². The van der Waals surface area contributed by atoms with E-state index >= 15 is 0 Å². The number of pyridine rings is 1. The maximum Gasteiger partial charge on any atom is 0.161 e. The number of nitrogens with zero attached hydrogens (tertiary/aromatic N) is 4. The molecule has 5 rings (SSSR count). The summed E-state index contributed by atoms with van der Waals surface area (Å²) in [6, 6.07) is 21.9. The van der Waals surface area contributed by atoms with Crippen molar-refractivity contribution in [3.05, 3.63) is 72.9 Å². The number of benzene rings is 3. The molecule has 0 unspecified atom stereocenters. The van der Waals surface area contributed by atoms with Gasteiger partial charge in [0.05, 0.1) is 30.9 Å². The van der Waals surface area contributed by atoms with E-state index in [-0.39, 0.29) is 0 Å². The summed E-state index contributed by atoms with van der Waals surface area (Å²) in [6.07, 6.45) is 1.89. The summed E-state index contributed by atoms with van der Waals surface area (Å²) >= 11 is 0. The Hall–Kier alpha value is -4.10. The number of methoxy groups -OCH3 is 2. The first-order chi connectivity index (χ1) is 17.1. The Bertz CT molecular complexity index is 1480.